The van der Waals surface area contributed by atoms with Gasteiger partial charge in [0.2, 0.25) is 0 Å². The Morgan fingerprint density at radius 3 is 2.52 bits per heavy atom. The fourth-order valence-corrected chi connectivity index (χ4v) is 3.51. The van der Waals surface area contributed by atoms with Crippen LogP contribution in [-0.4, -0.2) is 48.5 Å². The molecule has 1 aromatic carbocycles. The average Bonchev–Trinajstić information content (AvgIpc) is 2.73. The highest BCUT2D eigenvalue weighted by Gasteiger charge is 2.22. The number of piperidine rings is 1. The van der Waals surface area contributed by atoms with E-state index in [9.17, 15) is 9.59 Å². The first kappa shape index (κ1) is 21.0. The molecule has 1 aliphatic heterocycles. The summed E-state index contributed by atoms with van der Waals surface area (Å²) in [7, 11) is 1.60. The highest BCUT2D eigenvalue weighted by molar-refractivity contribution is 5.94. The molecular weight excluding hydrogens is 368 g/mol. The Labute approximate surface area is 171 Å². The van der Waals surface area contributed by atoms with Gasteiger partial charge in [0.25, 0.3) is 11.5 Å². The van der Waals surface area contributed by atoms with Gasteiger partial charge in [-0.3, -0.25) is 9.59 Å². The normalized spacial score (nSPS) is 15.0. The third-order valence-corrected chi connectivity index (χ3v) is 5.40. The monoisotopic (exact) mass is 398 g/mol. The molecule has 1 N–H and O–H groups in total. The topological polar surface area (TPSA) is 76.5 Å². The van der Waals surface area contributed by atoms with Gasteiger partial charge in [0.05, 0.1) is 25.0 Å². The van der Waals surface area contributed by atoms with Gasteiger partial charge in [-0.2, -0.15) is 5.10 Å². The Bertz CT molecular complexity index is 868. The van der Waals surface area contributed by atoms with Crippen LogP contribution < -0.4 is 15.8 Å². The molecule has 0 saturated carbocycles. The van der Waals surface area contributed by atoms with Crippen LogP contribution in [0.15, 0.2) is 41.3 Å². The van der Waals surface area contributed by atoms with E-state index >= 15 is 0 Å². The minimum absolute atomic E-state index is 0.0267. The standard InChI is InChI=1S/C22H30N4O3/c1-16(2)17-4-6-18(7-5-17)22(28)24-19-8-10-25(11-9-19)20-14-21(27)26(23-15-20)12-13-29-3/h4-7,14-16,19H,8-13H2,1-3H3,(H,24,28). The number of nitrogens with one attached hydrogen (secondary N) is 1. The summed E-state index contributed by atoms with van der Waals surface area (Å²) < 4.78 is 6.40. The summed E-state index contributed by atoms with van der Waals surface area (Å²) in [6.45, 7) is 6.74. The third-order valence-electron chi connectivity index (χ3n) is 5.40. The fraction of sp³-hybridized carbons (Fsp3) is 0.500. The van der Waals surface area contributed by atoms with Crippen molar-refractivity contribution < 1.29 is 9.53 Å². The zero-order chi connectivity index (χ0) is 20.8. The van der Waals surface area contributed by atoms with E-state index in [1.807, 2.05) is 24.3 Å². The SMILES string of the molecule is COCCn1ncc(N2CCC(NC(=O)c3ccc(C(C)C)cc3)CC2)cc1=O. The van der Waals surface area contributed by atoms with Crippen molar-refractivity contribution in [2.45, 2.75) is 45.2 Å². The van der Waals surface area contributed by atoms with E-state index in [1.54, 1.807) is 19.4 Å². The first-order valence-corrected chi connectivity index (χ1v) is 10.2. The third kappa shape index (κ3) is 5.44. The van der Waals surface area contributed by atoms with Gasteiger partial charge in [0.1, 0.15) is 0 Å². The average molecular weight is 399 g/mol. The number of aromatic nitrogens is 2. The summed E-state index contributed by atoms with van der Waals surface area (Å²) in [5, 5.41) is 7.37. The molecule has 1 aliphatic rings. The second kappa shape index (κ2) is 9.69. The van der Waals surface area contributed by atoms with Gasteiger partial charge in [-0.1, -0.05) is 26.0 Å². The molecule has 2 aromatic rings. The molecule has 0 radical (unpaired) electrons. The van der Waals surface area contributed by atoms with Gasteiger partial charge in [0.15, 0.2) is 0 Å². The van der Waals surface area contributed by atoms with E-state index in [-0.39, 0.29) is 17.5 Å². The number of hydrogen-bond donors (Lipinski definition) is 1. The summed E-state index contributed by atoms with van der Waals surface area (Å²) in [6, 6.07) is 9.58. The van der Waals surface area contributed by atoms with Gasteiger partial charge in [-0.05, 0) is 36.5 Å². The number of benzene rings is 1. The van der Waals surface area contributed by atoms with Crippen LogP contribution in [0.2, 0.25) is 0 Å². The number of carbonyl (C=O) groups excluding carboxylic acids is 1. The zero-order valence-electron chi connectivity index (χ0n) is 17.4. The summed E-state index contributed by atoms with van der Waals surface area (Å²) in [5.74, 6) is 0.425. The van der Waals surface area contributed by atoms with Gasteiger partial charge in [-0.25, -0.2) is 4.68 Å². The van der Waals surface area contributed by atoms with E-state index in [2.05, 4.69) is 29.2 Å². The highest BCUT2D eigenvalue weighted by Crippen LogP contribution is 2.19. The molecule has 0 unspecified atom stereocenters. The van der Waals surface area contributed by atoms with Crippen LogP contribution in [0.5, 0.6) is 0 Å². The maximum Gasteiger partial charge on any atom is 0.268 e. The Morgan fingerprint density at radius 1 is 1.24 bits per heavy atom. The number of hydrogen-bond acceptors (Lipinski definition) is 5. The number of nitrogens with zero attached hydrogens (tertiary/aromatic N) is 3. The van der Waals surface area contributed by atoms with E-state index in [0.29, 0.717) is 24.6 Å². The van der Waals surface area contributed by atoms with Crippen molar-refractivity contribution in [1.82, 2.24) is 15.1 Å². The molecule has 2 heterocycles. The lowest BCUT2D eigenvalue weighted by Gasteiger charge is -2.33. The first-order chi connectivity index (χ1) is 14.0. The van der Waals surface area contributed by atoms with Crippen LogP contribution in [-0.2, 0) is 11.3 Å². The molecule has 1 aromatic heterocycles. The van der Waals surface area contributed by atoms with Crippen LogP contribution in [0.1, 0.15) is 48.5 Å². The predicted octanol–water partition coefficient (Wildman–Crippen LogP) is 2.41. The number of rotatable bonds is 7. The van der Waals surface area contributed by atoms with Crippen LogP contribution in [0, 0.1) is 0 Å². The number of anilines is 1. The van der Waals surface area contributed by atoms with Gasteiger partial charge in [-0.15, -0.1) is 0 Å². The van der Waals surface area contributed by atoms with Crippen LogP contribution in [0.4, 0.5) is 5.69 Å². The lowest BCUT2D eigenvalue weighted by Crippen LogP contribution is -2.45. The second-order valence-corrected chi connectivity index (χ2v) is 7.78. The highest BCUT2D eigenvalue weighted by atomic mass is 16.5. The van der Waals surface area contributed by atoms with E-state index < -0.39 is 0 Å². The van der Waals surface area contributed by atoms with Crippen molar-refractivity contribution in [3.8, 4) is 0 Å². The number of ether oxygens (including phenoxy) is 1. The van der Waals surface area contributed by atoms with Crippen LogP contribution in [0.3, 0.4) is 0 Å². The molecule has 156 valence electrons. The van der Waals surface area contributed by atoms with E-state index in [1.165, 1.54) is 10.2 Å². The quantitative estimate of drug-likeness (QED) is 0.775. The Morgan fingerprint density at radius 2 is 1.93 bits per heavy atom. The number of carbonyl (C=O) groups is 1. The maximum atomic E-state index is 12.5. The van der Waals surface area contributed by atoms with Crippen molar-refractivity contribution in [3.63, 3.8) is 0 Å². The van der Waals surface area contributed by atoms with Crippen molar-refractivity contribution in [2.24, 2.45) is 0 Å². The van der Waals surface area contributed by atoms with Crippen LogP contribution in [0.25, 0.3) is 0 Å². The molecule has 0 aliphatic carbocycles. The second-order valence-electron chi connectivity index (χ2n) is 7.78. The Balaban J connectivity index is 1.53. The molecular formula is C22H30N4O3. The molecule has 29 heavy (non-hydrogen) atoms. The smallest absolute Gasteiger partial charge is 0.268 e. The minimum Gasteiger partial charge on any atom is -0.383 e. The number of amides is 1. The fourth-order valence-electron chi connectivity index (χ4n) is 3.51. The van der Waals surface area contributed by atoms with Crippen molar-refractivity contribution in [2.75, 3.05) is 31.7 Å². The molecule has 0 atom stereocenters. The molecule has 7 heteroatoms. The zero-order valence-corrected chi connectivity index (χ0v) is 17.4. The largest absolute Gasteiger partial charge is 0.383 e. The summed E-state index contributed by atoms with van der Waals surface area (Å²) >= 11 is 0. The molecule has 1 saturated heterocycles. The Hall–Kier alpha value is -2.67. The van der Waals surface area contributed by atoms with Crippen molar-refractivity contribution in [3.05, 3.63) is 58.0 Å². The molecule has 1 amide bonds. The molecule has 7 nitrogen and oxygen atoms in total. The molecule has 0 bridgehead atoms. The maximum absolute atomic E-state index is 12.5. The Kier molecular flexibility index (Phi) is 7.04. The first-order valence-electron chi connectivity index (χ1n) is 10.2. The summed E-state index contributed by atoms with van der Waals surface area (Å²) in [6.07, 6.45) is 3.40. The predicted molar refractivity (Wildman–Crippen MR) is 114 cm³/mol. The van der Waals surface area contributed by atoms with E-state index in [4.69, 9.17) is 4.74 Å². The van der Waals surface area contributed by atoms with Gasteiger partial charge < -0.3 is 15.0 Å². The van der Waals surface area contributed by atoms with Gasteiger partial charge >= 0.3 is 0 Å². The lowest BCUT2D eigenvalue weighted by atomic mass is 10.0. The minimum atomic E-state index is -0.125. The molecule has 3 rings (SSSR count). The van der Waals surface area contributed by atoms with Crippen LogP contribution >= 0.6 is 0 Å². The van der Waals surface area contributed by atoms with E-state index in [0.717, 1.165) is 31.6 Å². The van der Waals surface area contributed by atoms with Crippen molar-refractivity contribution in [1.29, 1.82) is 0 Å². The molecule has 1 fully saturated rings. The molecule has 0 spiro atoms. The van der Waals surface area contributed by atoms with Crippen molar-refractivity contribution >= 4 is 11.6 Å². The lowest BCUT2D eigenvalue weighted by molar-refractivity contribution is 0.0931. The number of methoxy groups -OCH3 is 1. The summed E-state index contributed by atoms with van der Waals surface area (Å²) in [5.41, 5.74) is 2.63. The summed E-state index contributed by atoms with van der Waals surface area (Å²) in [4.78, 5) is 26.9. The van der Waals surface area contributed by atoms with Gasteiger partial charge in [0, 0.05) is 37.9 Å².